The van der Waals surface area contributed by atoms with Gasteiger partial charge < -0.3 is 0 Å². The molecule has 1 aromatic carbocycles. The van der Waals surface area contributed by atoms with E-state index in [1.165, 1.54) is 25.4 Å². The zero-order valence-corrected chi connectivity index (χ0v) is 17.7. The van der Waals surface area contributed by atoms with Crippen molar-refractivity contribution in [3.05, 3.63) is 83.5 Å². The predicted octanol–water partition coefficient (Wildman–Crippen LogP) is 3.81. The summed E-state index contributed by atoms with van der Waals surface area (Å²) in [4.78, 5) is 8.65. The Bertz CT molecular complexity index is 1290. The van der Waals surface area contributed by atoms with E-state index in [9.17, 15) is 8.42 Å². The van der Waals surface area contributed by atoms with Gasteiger partial charge in [0.15, 0.2) is 0 Å². The van der Waals surface area contributed by atoms with Gasteiger partial charge in [0, 0.05) is 41.2 Å². The van der Waals surface area contributed by atoms with E-state index in [0.717, 1.165) is 25.7 Å². The molecule has 0 saturated heterocycles. The first kappa shape index (κ1) is 19.3. The third kappa shape index (κ3) is 3.92. The minimum atomic E-state index is -3.74. The predicted molar refractivity (Wildman–Crippen MR) is 115 cm³/mol. The molecule has 4 aromatic rings. The van der Waals surface area contributed by atoms with Crippen LogP contribution >= 0.6 is 15.9 Å². The second-order valence-electron chi connectivity index (χ2n) is 6.21. The second kappa shape index (κ2) is 7.76. The van der Waals surface area contributed by atoms with Crippen LogP contribution in [0.2, 0.25) is 0 Å². The van der Waals surface area contributed by atoms with E-state index < -0.39 is 10.0 Å². The quantitative estimate of drug-likeness (QED) is 0.328. The molecule has 29 heavy (non-hydrogen) atoms. The highest BCUT2D eigenvalue weighted by molar-refractivity contribution is 9.10. The minimum absolute atomic E-state index is 0.164. The highest BCUT2D eigenvalue weighted by Gasteiger charge is 2.19. The van der Waals surface area contributed by atoms with Gasteiger partial charge in [-0.2, -0.15) is 17.9 Å². The van der Waals surface area contributed by atoms with Crippen molar-refractivity contribution in [3.8, 4) is 11.1 Å². The smallest absolute Gasteiger partial charge is 0.278 e. The van der Waals surface area contributed by atoms with Crippen LogP contribution in [0, 0.1) is 0 Å². The summed E-state index contributed by atoms with van der Waals surface area (Å²) in [5.41, 5.74) is 3.33. The lowest BCUT2D eigenvalue weighted by atomic mass is 10.1. The average molecular weight is 470 g/mol. The van der Waals surface area contributed by atoms with Crippen LogP contribution in [0.5, 0.6) is 0 Å². The highest BCUT2D eigenvalue weighted by atomic mass is 79.9. The molecule has 7 nitrogen and oxygen atoms in total. The summed E-state index contributed by atoms with van der Waals surface area (Å²) in [6, 6.07) is 14.1. The summed E-state index contributed by atoms with van der Waals surface area (Å²) in [6.45, 7) is 0. The molecule has 0 amide bonds. The Morgan fingerprint density at radius 2 is 1.86 bits per heavy atom. The number of halogens is 1. The zero-order chi connectivity index (χ0) is 20.4. The van der Waals surface area contributed by atoms with Crippen LogP contribution in [0.1, 0.15) is 5.69 Å². The van der Waals surface area contributed by atoms with E-state index >= 15 is 0 Å². The van der Waals surface area contributed by atoms with Gasteiger partial charge in [0.2, 0.25) is 0 Å². The van der Waals surface area contributed by atoms with Crippen molar-refractivity contribution in [1.82, 2.24) is 18.8 Å². The van der Waals surface area contributed by atoms with E-state index in [-0.39, 0.29) is 4.90 Å². The summed E-state index contributed by atoms with van der Waals surface area (Å²) < 4.78 is 28.9. The lowest BCUT2D eigenvalue weighted by Crippen LogP contribution is -2.22. The van der Waals surface area contributed by atoms with Crippen molar-refractivity contribution in [1.29, 1.82) is 0 Å². The number of rotatable bonds is 5. The van der Waals surface area contributed by atoms with Crippen LogP contribution in [0.4, 0.5) is 0 Å². The first-order valence-electron chi connectivity index (χ1n) is 8.61. The van der Waals surface area contributed by atoms with Gasteiger partial charge in [-0.05, 0) is 42.5 Å². The summed E-state index contributed by atoms with van der Waals surface area (Å²) in [5, 5.41) is 4.13. The zero-order valence-electron chi connectivity index (χ0n) is 15.3. The molecule has 0 aliphatic heterocycles. The number of pyridine rings is 2. The van der Waals surface area contributed by atoms with E-state index in [1.807, 2.05) is 34.9 Å². The van der Waals surface area contributed by atoms with Crippen molar-refractivity contribution >= 4 is 37.8 Å². The van der Waals surface area contributed by atoms with Gasteiger partial charge in [-0.25, -0.2) is 4.98 Å². The minimum Gasteiger partial charge on any atom is -0.298 e. The molecule has 0 fully saturated rings. The first-order chi connectivity index (χ1) is 13.9. The topological polar surface area (TPSA) is 79.9 Å². The Balaban J connectivity index is 1.65. The molecule has 0 bridgehead atoms. The van der Waals surface area contributed by atoms with Crippen molar-refractivity contribution in [3.63, 3.8) is 0 Å². The van der Waals surface area contributed by atoms with Crippen LogP contribution in [-0.2, 0) is 10.0 Å². The van der Waals surface area contributed by atoms with Gasteiger partial charge in [-0.3, -0.25) is 9.38 Å². The normalized spacial score (nSPS) is 11.9. The second-order valence-corrected chi connectivity index (χ2v) is 9.07. The Morgan fingerprint density at radius 1 is 1.07 bits per heavy atom. The van der Waals surface area contributed by atoms with Gasteiger partial charge >= 0.3 is 0 Å². The number of hydrogen-bond donors (Lipinski definition) is 0. The lowest BCUT2D eigenvalue weighted by Gasteiger charge is -2.13. The fourth-order valence-electron chi connectivity index (χ4n) is 2.76. The maximum absolute atomic E-state index is 12.7. The van der Waals surface area contributed by atoms with E-state index in [1.54, 1.807) is 30.7 Å². The maximum atomic E-state index is 12.7. The Morgan fingerprint density at radius 3 is 2.59 bits per heavy atom. The van der Waals surface area contributed by atoms with E-state index in [4.69, 9.17) is 0 Å². The fraction of sp³-hybridized carbons (Fsp3) is 0.0500. The molecule has 0 N–H and O–H groups in total. The SMILES string of the molecule is CN(N=Cc1cnc2ccc(-c3cccnc3)cn12)S(=O)(=O)c1ccc(Br)cc1. The summed E-state index contributed by atoms with van der Waals surface area (Å²) in [5.74, 6) is 0. The molecule has 3 aromatic heterocycles. The van der Waals surface area contributed by atoms with Gasteiger partial charge in [0.1, 0.15) is 5.65 Å². The van der Waals surface area contributed by atoms with E-state index in [2.05, 4.69) is 31.0 Å². The number of fused-ring (bicyclic) bond motifs is 1. The molecule has 0 aliphatic rings. The van der Waals surface area contributed by atoms with Crippen LogP contribution < -0.4 is 0 Å². The fourth-order valence-corrected chi connectivity index (χ4v) is 3.98. The largest absolute Gasteiger partial charge is 0.298 e. The number of sulfonamides is 1. The molecule has 9 heteroatoms. The Kier molecular flexibility index (Phi) is 5.16. The highest BCUT2D eigenvalue weighted by Crippen LogP contribution is 2.20. The molecule has 4 rings (SSSR count). The Hall–Kier alpha value is -3.04. The van der Waals surface area contributed by atoms with Gasteiger partial charge in [0.25, 0.3) is 10.0 Å². The number of hydrazone groups is 1. The molecule has 0 aliphatic carbocycles. The molecule has 0 radical (unpaired) electrons. The van der Waals surface area contributed by atoms with Crippen LogP contribution in [0.25, 0.3) is 16.8 Å². The molecular weight excluding hydrogens is 454 g/mol. The molecular formula is C20H16BrN5O2S. The van der Waals surface area contributed by atoms with Crippen LogP contribution in [-0.4, -0.2) is 40.5 Å². The molecule has 0 unspecified atom stereocenters. The molecule has 0 atom stereocenters. The third-order valence-corrected chi connectivity index (χ3v) is 6.53. The third-order valence-electron chi connectivity index (χ3n) is 4.34. The number of aromatic nitrogens is 3. The lowest BCUT2D eigenvalue weighted by molar-refractivity contribution is 0.491. The average Bonchev–Trinajstić information content (AvgIpc) is 3.15. The first-order valence-corrected chi connectivity index (χ1v) is 10.8. The monoisotopic (exact) mass is 469 g/mol. The van der Waals surface area contributed by atoms with Crippen LogP contribution in [0.15, 0.2) is 87.8 Å². The summed E-state index contributed by atoms with van der Waals surface area (Å²) in [7, 11) is -2.34. The number of hydrogen-bond acceptors (Lipinski definition) is 5. The van der Waals surface area contributed by atoms with Gasteiger partial charge in [-0.1, -0.05) is 22.0 Å². The van der Waals surface area contributed by atoms with Gasteiger partial charge in [-0.15, -0.1) is 0 Å². The standard InChI is InChI=1S/C20H16BrN5O2S/c1-25(29(27,28)19-7-5-17(21)6-8-19)24-13-18-12-23-20-9-4-16(14-26(18)20)15-3-2-10-22-11-15/h2-14H,1H3. The summed E-state index contributed by atoms with van der Waals surface area (Å²) >= 11 is 3.30. The Labute approximate surface area is 176 Å². The van der Waals surface area contributed by atoms with Crippen molar-refractivity contribution in [2.45, 2.75) is 4.90 Å². The van der Waals surface area contributed by atoms with Crippen LogP contribution in [0.3, 0.4) is 0 Å². The van der Waals surface area contributed by atoms with Gasteiger partial charge in [0.05, 0.1) is 23.0 Å². The molecule has 0 spiro atoms. The number of nitrogens with zero attached hydrogens (tertiary/aromatic N) is 5. The van der Waals surface area contributed by atoms with Crippen molar-refractivity contribution < 1.29 is 8.42 Å². The summed E-state index contributed by atoms with van der Waals surface area (Å²) in [6.07, 6.45) is 8.54. The van der Waals surface area contributed by atoms with Crippen molar-refractivity contribution in [2.24, 2.45) is 5.10 Å². The number of benzene rings is 1. The van der Waals surface area contributed by atoms with Crippen molar-refractivity contribution in [2.75, 3.05) is 7.05 Å². The molecule has 146 valence electrons. The number of imidazole rings is 1. The maximum Gasteiger partial charge on any atom is 0.278 e. The molecule has 3 heterocycles. The van der Waals surface area contributed by atoms with E-state index in [0.29, 0.717) is 5.69 Å². The molecule has 0 saturated carbocycles.